The molecule has 0 bridgehead atoms. The van der Waals surface area contributed by atoms with Crippen molar-refractivity contribution >= 4 is 17.4 Å². The molecule has 0 saturated heterocycles. The Hall–Kier alpha value is -2.37. The van der Waals surface area contributed by atoms with E-state index in [1.165, 1.54) is 0 Å². The van der Waals surface area contributed by atoms with E-state index >= 15 is 0 Å². The van der Waals surface area contributed by atoms with Crippen LogP contribution >= 0.6 is 0 Å². The summed E-state index contributed by atoms with van der Waals surface area (Å²) in [5.74, 6) is 0.522. The molecule has 17 heavy (non-hydrogen) atoms. The number of hydrogen-bond donors (Lipinski definition) is 2. The monoisotopic (exact) mass is 232 g/mol. The number of anilines is 2. The van der Waals surface area contributed by atoms with E-state index in [4.69, 9.17) is 10.2 Å². The van der Waals surface area contributed by atoms with Gasteiger partial charge in [-0.3, -0.25) is 4.79 Å². The second-order valence-corrected chi connectivity index (χ2v) is 3.54. The third kappa shape index (κ3) is 2.25. The van der Waals surface area contributed by atoms with Gasteiger partial charge >= 0.3 is 0 Å². The van der Waals surface area contributed by atoms with Crippen LogP contribution in [0.25, 0.3) is 0 Å². The molecule has 2 aromatic heterocycles. The van der Waals surface area contributed by atoms with Gasteiger partial charge < -0.3 is 15.5 Å². The molecule has 0 spiro atoms. The molecule has 6 heteroatoms. The van der Waals surface area contributed by atoms with Crippen molar-refractivity contribution in [3.63, 3.8) is 0 Å². The molecule has 88 valence electrons. The minimum Gasteiger partial charge on any atom is -0.436 e. The first kappa shape index (κ1) is 11.1. The molecule has 3 N–H and O–H groups in total. The van der Waals surface area contributed by atoms with Crippen molar-refractivity contribution in [2.24, 2.45) is 0 Å². The highest BCUT2D eigenvalue weighted by Crippen LogP contribution is 2.16. The Morgan fingerprint density at radius 1 is 1.47 bits per heavy atom. The van der Waals surface area contributed by atoms with Crippen LogP contribution in [0.2, 0.25) is 0 Å². The lowest BCUT2D eigenvalue weighted by atomic mass is 10.3. The summed E-state index contributed by atoms with van der Waals surface area (Å²) in [6.07, 6.45) is 1.55. The molecule has 0 radical (unpaired) electrons. The standard InChI is InChI=1S/C11H12N4O2/c1-6-9(17-7(2)14-6)11(16)15-10-8(12)4-3-5-13-10/h3-5H,12H2,1-2H3,(H,13,15,16). The lowest BCUT2D eigenvalue weighted by molar-refractivity contribution is 0.0994. The lowest BCUT2D eigenvalue weighted by Gasteiger charge is -2.04. The zero-order valence-corrected chi connectivity index (χ0v) is 9.52. The molecule has 0 fully saturated rings. The lowest BCUT2D eigenvalue weighted by Crippen LogP contribution is -2.14. The van der Waals surface area contributed by atoms with Crippen LogP contribution in [-0.2, 0) is 0 Å². The molecule has 6 nitrogen and oxygen atoms in total. The molecule has 0 aliphatic heterocycles. The fourth-order valence-electron chi connectivity index (χ4n) is 1.43. The van der Waals surface area contributed by atoms with Crippen molar-refractivity contribution < 1.29 is 9.21 Å². The molecule has 0 aliphatic rings. The van der Waals surface area contributed by atoms with Gasteiger partial charge in [-0.25, -0.2) is 9.97 Å². The van der Waals surface area contributed by atoms with E-state index in [2.05, 4.69) is 15.3 Å². The normalized spacial score (nSPS) is 10.2. The zero-order chi connectivity index (χ0) is 12.4. The summed E-state index contributed by atoms with van der Waals surface area (Å²) in [6, 6.07) is 3.34. The van der Waals surface area contributed by atoms with Gasteiger partial charge in [-0.15, -0.1) is 0 Å². The third-order valence-electron chi connectivity index (χ3n) is 2.18. The Balaban J connectivity index is 2.23. The van der Waals surface area contributed by atoms with Gasteiger partial charge in [0.25, 0.3) is 5.91 Å². The Morgan fingerprint density at radius 2 is 2.24 bits per heavy atom. The summed E-state index contributed by atoms with van der Waals surface area (Å²) in [7, 11) is 0. The molecule has 0 aliphatic carbocycles. The van der Waals surface area contributed by atoms with Crippen molar-refractivity contribution in [2.45, 2.75) is 13.8 Å². The van der Waals surface area contributed by atoms with Gasteiger partial charge in [-0.05, 0) is 19.1 Å². The third-order valence-corrected chi connectivity index (χ3v) is 2.18. The van der Waals surface area contributed by atoms with Crippen LogP contribution in [0.15, 0.2) is 22.7 Å². The van der Waals surface area contributed by atoms with Gasteiger partial charge in [0.2, 0.25) is 5.76 Å². The number of nitrogens with one attached hydrogen (secondary N) is 1. The van der Waals surface area contributed by atoms with Crippen molar-refractivity contribution in [3.05, 3.63) is 35.7 Å². The molecule has 1 amide bonds. The SMILES string of the molecule is Cc1nc(C)c(C(=O)Nc2ncccc2N)o1. The second kappa shape index (κ2) is 4.25. The first-order valence-corrected chi connectivity index (χ1v) is 5.04. The highest BCUT2D eigenvalue weighted by molar-refractivity contribution is 6.03. The Morgan fingerprint density at radius 3 is 2.82 bits per heavy atom. The smallest absolute Gasteiger partial charge is 0.294 e. The molecular weight excluding hydrogens is 220 g/mol. The molecule has 0 unspecified atom stereocenters. The number of hydrogen-bond acceptors (Lipinski definition) is 5. The number of carbonyl (C=O) groups excluding carboxylic acids is 1. The van der Waals surface area contributed by atoms with Crippen LogP contribution in [0.3, 0.4) is 0 Å². The minimum absolute atomic E-state index is 0.174. The second-order valence-electron chi connectivity index (χ2n) is 3.54. The van der Waals surface area contributed by atoms with Gasteiger partial charge in [-0.2, -0.15) is 0 Å². The van der Waals surface area contributed by atoms with Gasteiger partial charge in [0.05, 0.1) is 11.4 Å². The van der Waals surface area contributed by atoms with Gasteiger partial charge in [-0.1, -0.05) is 0 Å². The number of pyridine rings is 1. The molecule has 2 aromatic rings. The average molecular weight is 232 g/mol. The summed E-state index contributed by atoms with van der Waals surface area (Å²) in [6.45, 7) is 3.38. The average Bonchev–Trinajstić information content (AvgIpc) is 2.61. The molecule has 0 aromatic carbocycles. The number of aromatic nitrogens is 2. The topological polar surface area (TPSA) is 94.0 Å². The van der Waals surface area contributed by atoms with E-state index in [1.807, 2.05) is 0 Å². The number of carbonyl (C=O) groups is 1. The first-order chi connectivity index (χ1) is 8.08. The van der Waals surface area contributed by atoms with E-state index in [1.54, 1.807) is 32.2 Å². The number of oxazole rings is 1. The molecular formula is C11H12N4O2. The van der Waals surface area contributed by atoms with Gasteiger partial charge in [0, 0.05) is 13.1 Å². The number of nitrogens with zero attached hydrogens (tertiary/aromatic N) is 2. The first-order valence-electron chi connectivity index (χ1n) is 5.04. The summed E-state index contributed by atoms with van der Waals surface area (Å²) in [5.41, 5.74) is 6.60. The van der Waals surface area contributed by atoms with Crippen LogP contribution < -0.4 is 11.1 Å². The Labute approximate surface area is 97.9 Å². The fraction of sp³-hybridized carbons (Fsp3) is 0.182. The minimum atomic E-state index is -0.409. The van der Waals surface area contributed by atoms with E-state index < -0.39 is 5.91 Å². The molecule has 2 rings (SSSR count). The quantitative estimate of drug-likeness (QED) is 0.818. The summed E-state index contributed by atoms with van der Waals surface area (Å²) in [4.78, 5) is 19.8. The maximum Gasteiger partial charge on any atom is 0.294 e. The largest absolute Gasteiger partial charge is 0.436 e. The van der Waals surface area contributed by atoms with Crippen LogP contribution in [0.1, 0.15) is 22.1 Å². The molecule has 2 heterocycles. The highest BCUT2D eigenvalue weighted by atomic mass is 16.4. The van der Waals surface area contributed by atoms with Crippen molar-refractivity contribution in [1.82, 2.24) is 9.97 Å². The van der Waals surface area contributed by atoms with E-state index in [0.29, 0.717) is 23.1 Å². The van der Waals surface area contributed by atoms with Crippen LogP contribution in [-0.4, -0.2) is 15.9 Å². The Bertz CT molecular complexity index is 562. The van der Waals surface area contributed by atoms with Crippen molar-refractivity contribution in [3.8, 4) is 0 Å². The fourth-order valence-corrected chi connectivity index (χ4v) is 1.43. The number of amides is 1. The van der Waals surface area contributed by atoms with Crippen molar-refractivity contribution in [1.29, 1.82) is 0 Å². The van der Waals surface area contributed by atoms with E-state index in [9.17, 15) is 4.79 Å². The van der Waals surface area contributed by atoms with E-state index in [0.717, 1.165) is 0 Å². The number of rotatable bonds is 2. The predicted octanol–water partition coefficient (Wildman–Crippen LogP) is 1.52. The highest BCUT2D eigenvalue weighted by Gasteiger charge is 2.17. The number of aryl methyl sites for hydroxylation is 2. The maximum absolute atomic E-state index is 11.9. The van der Waals surface area contributed by atoms with Crippen LogP contribution in [0, 0.1) is 13.8 Å². The summed E-state index contributed by atoms with van der Waals surface area (Å²) < 4.78 is 5.20. The summed E-state index contributed by atoms with van der Waals surface area (Å²) in [5, 5.41) is 2.57. The van der Waals surface area contributed by atoms with E-state index in [-0.39, 0.29) is 5.76 Å². The predicted molar refractivity (Wildman–Crippen MR) is 62.6 cm³/mol. The van der Waals surface area contributed by atoms with Gasteiger partial charge in [0.1, 0.15) is 0 Å². The molecule has 0 atom stereocenters. The number of nitrogens with two attached hydrogens (primary N) is 1. The van der Waals surface area contributed by atoms with Gasteiger partial charge in [0.15, 0.2) is 11.7 Å². The zero-order valence-electron chi connectivity index (χ0n) is 9.52. The Kier molecular flexibility index (Phi) is 2.78. The van der Waals surface area contributed by atoms with Crippen LogP contribution in [0.5, 0.6) is 0 Å². The number of nitrogen functional groups attached to an aromatic ring is 1. The summed E-state index contributed by atoms with van der Waals surface area (Å²) >= 11 is 0. The van der Waals surface area contributed by atoms with Crippen LogP contribution in [0.4, 0.5) is 11.5 Å². The van der Waals surface area contributed by atoms with Crippen molar-refractivity contribution in [2.75, 3.05) is 11.1 Å². The maximum atomic E-state index is 11.9. The molecule has 0 saturated carbocycles.